The molecule has 1 atom stereocenters. The molecule has 2 aromatic heterocycles. The van der Waals surface area contributed by atoms with Crippen LogP contribution in [0.1, 0.15) is 45.6 Å². The molecule has 2 amide bonds. The summed E-state index contributed by atoms with van der Waals surface area (Å²) in [6.07, 6.45) is -6.93. The number of rotatable bonds is 10. The smallest absolute Gasteiger partial charge is 0.422 e. The molecule has 1 aliphatic rings. The van der Waals surface area contributed by atoms with E-state index in [0.717, 1.165) is 4.90 Å². The molecule has 0 aliphatic carbocycles. The number of carbonyl (C=O) groups is 2. The summed E-state index contributed by atoms with van der Waals surface area (Å²) in [7, 11) is -4.19. The van der Waals surface area contributed by atoms with Gasteiger partial charge in [0, 0.05) is 29.0 Å². The van der Waals surface area contributed by atoms with Gasteiger partial charge >= 0.3 is 12.4 Å². The first-order valence-electron chi connectivity index (χ1n) is 14.1. The molecule has 4 aromatic rings. The van der Waals surface area contributed by atoms with E-state index in [9.17, 15) is 44.3 Å². The molecule has 5 rings (SSSR count). The number of sulfonamides is 1. The van der Waals surface area contributed by atoms with Gasteiger partial charge in [0.25, 0.3) is 5.91 Å². The number of fused-ring (bicyclic) bond motifs is 2. The molecule has 1 unspecified atom stereocenters. The van der Waals surface area contributed by atoms with Crippen LogP contribution in [0.3, 0.4) is 0 Å². The predicted octanol–water partition coefficient (Wildman–Crippen LogP) is 5.73. The molecule has 0 radical (unpaired) electrons. The highest BCUT2D eigenvalue weighted by Crippen LogP contribution is 2.46. The highest BCUT2D eigenvalue weighted by molar-refractivity contribution is 7.89. The Morgan fingerprint density at radius 3 is 2.25 bits per heavy atom. The average Bonchev–Trinajstić information content (AvgIpc) is 3.33. The van der Waals surface area contributed by atoms with Crippen molar-refractivity contribution in [1.82, 2.24) is 14.7 Å². The third-order valence-corrected chi connectivity index (χ3v) is 8.52. The number of alkyl halides is 6. The van der Waals surface area contributed by atoms with Gasteiger partial charge in [0.1, 0.15) is 11.3 Å². The Morgan fingerprint density at radius 2 is 1.62 bits per heavy atom. The molecule has 48 heavy (non-hydrogen) atoms. The number of pyridine rings is 2. The quantitative estimate of drug-likeness (QED) is 0.208. The summed E-state index contributed by atoms with van der Waals surface area (Å²) in [6, 6.07) is 11.6. The van der Waals surface area contributed by atoms with Crippen LogP contribution in [0.2, 0.25) is 0 Å². The standard InChI is InChI=1S/C31H26F6N4O6S/c1-17-12-19(14-48(44,45)40-28(42)18(2)22-7-3-4-10-38-22)8-9-23(17)41-13-21-24(29(41)43)26(46-15-30(32,33)34)20-6-5-11-39-25(20)27(21)47-16-31(35,36)37/h3-12,18H,13-16H2,1-2H3,(H,40,42). The fourth-order valence-corrected chi connectivity index (χ4v) is 6.40. The van der Waals surface area contributed by atoms with Gasteiger partial charge in [0.05, 0.1) is 29.5 Å². The minimum atomic E-state index is -4.81. The lowest BCUT2D eigenvalue weighted by Gasteiger charge is -2.19. The van der Waals surface area contributed by atoms with Crippen molar-refractivity contribution in [3.8, 4) is 11.5 Å². The third kappa shape index (κ3) is 7.61. The van der Waals surface area contributed by atoms with Gasteiger partial charge in [0.2, 0.25) is 15.9 Å². The van der Waals surface area contributed by atoms with Crippen molar-refractivity contribution in [3.63, 3.8) is 0 Å². The Bertz CT molecular complexity index is 1990. The van der Waals surface area contributed by atoms with Gasteiger partial charge in [-0.3, -0.25) is 24.3 Å². The number of nitrogens with zero attached hydrogens (tertiary/aromatic N) is 3. The number of aromatic nitrogens is 2. The van der Waals surface area contributed by atoms with Crippen LogP contribution in [0.4, 0.5) is 32.0 Å². The minimum absolute atomic E-state index is 0.162. The Kier molecular flexibility index (Phi) is 9.27. The van der Waals surface area contributed by atoms with Gasteiger partial charge in [-0.05, 0) is 55.3 Å². The number of nitrogens with one attached hydrogen (secondary N) is 1. The number of anilines is 1. The summed E-state index contributed by atoms with van der Waals surface area (Å²) in [6.45, 7) is -0.949. The fraction of sp³-hybridized carbons (Fsp3) is 0.290. The predicted molar refractivity (Wildman–Crippen MR) is 160 cm³/mol. The van der Waals surface area contributed by atoms with Crippen LogP contribution in [0.15, 0.2) is 60.9 Å². The van der Waals surface area contributed by atoms with E-state index in [1.807, 2.05) is 4.72 Å². The van der Waals surface area contributed by atoms with Crippen LogP contribution in [0.25, 0.3) is 10.9 Å². The summed E-state index contributed by atoms with van der Waals surface area (Å²) in [5.41, 5.74) is 0.301. The molecular weight excluding hydrogens is 670 g/mol. The second-order valence-corrected chi connectivity index (χ2v) is 12.7. The van der Waals surface area contributed by atoms with Crippen LogP contribution in [0, 0.1) is 6.92 Å². The molecule has 254 valence electrons. The van der Waals surface area contributed by atoms with E-state index in [0.29, 0.717) is 11.3 Å². The second kappa shape index (κ2) is 12.9. The van der Waals surface area contributed by atoms with Crippen molar-refractivity contribution in [2.45, 2.75) is 44.4 Å². The van der Waals surface area contributed by atoms with Crippen LogP contribution in [-0.2, 0) is 27.1 Å². The van der Waals surface area contributed by atoms with Gasteiger partial charge in [-0.15, -0.1) is 0 Å². The lowest BCUT2D eigenvalue weighted by molar-refractivity contribution is -0.154. The number of hydrogen-bond acceptors (Lipinski definition) is 8. The number of halogens is 6. The Morgan fingerprint density at radius 1 is 0.958 bits per heavy atom. The van der Waals surface area contributed by atoms with Crippen molar-refractivity contribution in [3.05, 3.63) is 88.9 Å². The molecule has 0 saturated heterocycles. The Hall–Kier alpha value is -4.93. The molecule has 2 aromatic carbocycles. The molecule has 0 fully saturated rings. The molecular formula is C31H26F6N4O6S. The average molecular weight is 697 g/mol. The first kappa shape index (κ1) is 34.4. The number of hydrogen-bond donors (Lipinski definition) is 1. The molecule has 0 saturated carbocycles. The first-order valence-corrected chi connectivity index (χ1v) is 15.8. The van der Waals surface area contributed by atoms with Crippen molar-refractivity contribution in [2.24, 2.45) is 0 Å². The summed E-state index contributed by atoms with van der Waals surface area (Å²) < 4.78 is 117. The van der Waals surface area contributed by atoms with E-state index in [1.54, 1.807) is 18.2 Å². The highest BCUT2D eigenvalue weighted by Gasteiger charge is 2.40. The zero-order valence-electron chi connectivity index (χ0n) is 25.1. The van der Waals surface area contributed by atoms with Crippen molar-refractivity contribution in [1.29, 1.82) is 0 Å². The van der Waals surface area contributed by atoms with Crippen molar-refractivity contribution < 1.29 is 53.8 Å². The zero-order chi connectivity index (χ0) is 35.0. The fourth-order valence-electron chi connectivity index (χ4n) is 5.22. The third-order valence-electron chi connectivity index (χ3n) is 7.30. The normalized spacial score (nSPS) is 14.2. The monoisotopic (exact) mass is 696 g/mol. The topological polar surface area (TPSA) is 128 Å². The van der Waals surface area contributed by atoms with Crippen LogP contribution >= 0.6 is 0 Å². The zero-order valence-corrected chi connectivity index (χ0v) is 26.0. The molecule has 17 heteroatoms. The van der Waals surface area contributed by atoms with Crippen LogP contribution in [0.5, 0.6) is 11.5 Å². The maximum atomic E-state index is 13.8. The van der Waals surface area contributed by atoms with Crippen molar-refractivity contribution >= 4 is 38.4 Å². The Balaban J connectivity index is 1.46. The number of aryl methyl sites for hydroxylation is 1. The second-order valence-electron chi connectivity index (χ2n) is 10.9. The van der Waals surface area contributed by atoms with Crippen LogP contribution < -0.4 is 19.1 Å². The summed E-state index contributed by atoms with van der Waals surface area (Å²) in [5.74, 6) is -4.13. The highest BCUT2D eigenvalue weighted by atomic mass is 32.2. The lowest BCUT2D eigenvalue weighted by Crippen LogP contribution is -2.34. The van der Waals surface area contributed by atoms with Gasteiger partial charge < -0.3 is 14.4 Å². The van der Waals surface area contributed by atoms with Gasteiger partial charge in [0.15, 0.2) is 19.0 Å². The van der Waals surface area contributed by atoms with Gasteiger partial charge in [-0.2, -0.15) is 26.3 Å². The Labute approximate surface area is 269 Å². The maximum Gasteiger partial charge on any atom is 0.422 e. The van der Waals surface area contributed by atoms with E-state index in [1.165, 1.54) is 56.6 Å². The minimum Gasteiger partial charge on any atom is -0.483 e. The van der Waals surface area contributed by atoms with Crippen LogP contribution in [-0.4, -0.2) is 55.8 Å². The van der Waals surface area contributed by atoms with Gasteiger partial charge in [-0.1, -0.05) is 18.2 Å². The van der Waals surface area contributed by atoms with Crippen molar-refractivity contribution in [2.75, 3.05) is 18.1 Å². The number of ether oxygens (including phenoxy) is 2. The molecule has 1 aliphatic heterocycles. The van der Waals surface area contributed by atoms with E-state index >= 15 is 0 Å². The number of benzene rings is 2. The molecule has 3 heterocycles. The SMILES string of the molecule is Cc1cc(CS(=O)(=O)NC(=O)C(C)c2ccccn2)ccc1N1Cc2c(c(OCC(F)(F)F)c3cccnc3c2OCC(F)(F)F)C1=O. The molecule has 0 spiro atoms. The summed E-state index contributed by atoms with van der Waals surface area (Å²) in [5, 5.41) is -0.162. The summed E-state index contributed by atoms with van der Waals surface area (Å²) in [4.78, 5) is 35.6. The molecule has 10 nitrogen and oxygen atoms in total. The number of carbonyl (C=O) groups excluding carboxylic acids is 2. The maximum absolute atomic E-state index is 13.8. The van der Waals surface area contributed by atoms with E-state index in [4.69, 9.17) is 9.47 Å². The largest absolute Gasteiger partial charge is 0.483 e. The van der Waals surface area contributed by atoms with E-state index in [2.05, 4.69) is 9.97 Å². The van der Waals surface area contributed by atoms with E-state index in [-0.39, 0.29) is 27.7 Å². The van der Waals surface area contributed by atoms with Gasteiger partial charge in [-0.25, -0.2) is 8.42 Å². The van der Waals surface area contributed by atoms with E-state index < -0.39 is 82.7 Å². The lowest BCUT2D eigenvalue weighted by atomic mass is 10.0. The molecule has 1 N–H and O–H groups in total. The summed E-state index contributed by atoms with van der Waals surface area (Å²) >= 11 is 0. The first-order chi connectivity index (χ1) is 22.4. The molecule has 0 bridgehead atoms. The number of amides is 2.